The molecular weight excluding hydrogens is 391 g/mol. The third kappa shape index (κ3) is 3.83. The molecule has 31 heavy (non-hydrogen) atoms. The molecule has 1 aliphatic heterocycles. The minimum atomic E-state index is -0.299. The molecule has 1 amide bonds. The number of halogens is 1. The Kier molecular flexibility index (Phi) is 5.02. The fourth-order valence-corrected chi connectivity index (χ4v) is 4.35. The lowest BCUT2D eigenvalue weighted by Crippen LogP contribution is -2.32. The molecule has 2 heterocycles. The molecule has 0 aliphatic carbocycles. The molecule has 1 aromatic heterocycles. The third-order valence-corrected chi connectivity index (χ3v) is 5.99. The number of aromatic nitrogens is 1. The van der Waals surface area contributed by atoms with E-state index in [1.165, 1.54) is 23.3 Å². The predicted octanol–water partition coefficient (Wildman–Crippen LogP) is 5.85. The second-order valence-electron chi connectivity index (χ2n) is 8.10. The summed E-state index contributed by atoms with van der Waals surface area (Å²) >= 11 is 0. The highest BCUT2D eigenvalue weighted by molar-refractivity contribution is 5.82. The van der Waals surface area contributed by atoms with Crippen molar-refractivity contribution < 1.29 is 13.6 Å². The van der Waals surface area contributed by atoms with Gasteiger partial charge in [0.1, 0.15) is 17.4 Å². The molecular formula is C26H23FN2O2. The summed E-state index contributed by atoms with van der Waals surface area (Å²) in [6.45, 7) is 2.77. The lowest BCUT2D eigenvalue weighted by molar-refractivity contribution is -0.131. The summed E-state index contributed by atoms with van der Waals surface area (Å²) in [6.07, 6.45) is 1.98. The van der Waals surface area contributed by atoms with Gasteiger partial charge in [-0.15, -0.1) is 0 Å². The highest BCUT2D eigenvalue weighted by Gasteiger charge is 2.33. The van der Waals surface area contributed by atoms with Crippen LogP contribution in [-0.4, -0.2) is 22.3 Å². The topological polar surface area (TPSA) is 46.3 Å². The standard InChI is InChI=1S/C26H23FN2O2/c1-17-5-2-3-6-21(17)19-10-13-24-22(16-19)28-26(31-24)23-7-4-14-29(23)25(30)15-18-8-11-20(27)12-9-18/h2-3,5-6,8-13,16,23H,4,7,14-15H2,1H3/t23-/m0/s1. The zero-order chi connectivity index (χ0) is 21.4. The summed E-state index contributed by atoms with van der Waals surface area (Å²) in [7, 11) is 0. The van der Waals surface area contributed by atoms with E-state index < -0.39 is 0 Å². The smallest absolute Gasteiger partial charge is 0.227 e. The van der Waals surface area contributed by atoms with Crippen LogP contribution in [0.3, 0.4) is 0 Å². The van der Waals surface area contributed by atoms with Crippen LogP contribution in [0.5, 0.6) is 0 Å². The Morgan fingerprint density at radius 3 is 2.74 bits per heavy atom. The molecule has 5 rings (SSSR count). The number of carbonyl (C=O) groups excluding carboxylic acids is 1. The first-order valence-corrected chi connectivity index (χ1v) is 10.6. The Labute approximate surface area is 180 Å². The Balaban J connectivity index is 1.40. The molecule has 0 radical (unpaired) electrons. The zero-order valence-corrected chi connectivity index (χ0v) is 17.3. The van der Waals surface area contributed by atoms with Gasteiger partial charge in [0, 0.05) is 6.54 Å². The lowest BCUT2D eigenvalue weighted by Gasteiger charge is -2.22. The molecule has 4 aromatic rings. The molecule has 5 heteroatoms. The van der Waals surface area contributed by atoms with Crippen LogP contribution in [0.25, 0.3) is 22.2 Å². The number of benzene rings is 3. The van der Waals surface area contributed by atoms with Crippen molar-refractivity contribution in [2.75, 3.05) is 6.54 Å². The molecule has 1 atom stereocenters. The first-order valence-electron chi connectivity index (χ1n) is 10.6. The van der Waals surface area contributed by atoms with E-state index >= 15 is 0 Å². The van der Waals surface area contributed by atoms with Crippen molar-refractivity contribution in [2.24, 2.45) is 0 Å². The van der Waals surface area contributed by atoms with E-state index in [0.29, 0.717) is 12.4 Å². The number of fused-ring (bicyclic) bond motifs is 1. The van der Waals surface area contributed by atoms with Gasteiger partial charge in [0.05, 0.1) is 6.42 Å². The van der Waals surface area contributed by atoms with Crippen molar-refractivity contribution in [3.8, 4) is 11.1 Å². The Morgan fingerprint density at radius 1 is 1.13 bits per heavy atom. The number of oxazole rings is 1. The molecule has 156 valence electrons. The fraction of sp³-hybridized carbons (Fsp3) is 0.231. The van der Waals surface area contributed by atoms with Crippen LogP contribution in [-0.2, 0) is 11.2 Å². The van der Waals surface area contributed by atoms with Gasteiger partial charge in [0.2, 0.25) is 11.8 Å². The van der Waals surface area contributed by atoms with Crippen molar-refractivity contribution in [3.05, 3.63) is 89.6 Å². The quantitative estimate of drug-likeness (QED) is 0.421. The van der Waals surface area contributed by atoms with Crippen LogP contribution in [0.2, 0.25) is 0 Å². The molecule has 1 saturated heterocycles. The molecule has 0 N–H and O–H groups in total. The van der Waals surface area contributed by atoms with Gasteiger partial charge in [-0.3, -0.25) is 4.79 Å². The SMILES string of the molecule is Cc1ccccc1-c1ccc2oc([C@@H]3CCCN3C(=O)Cc3ccc(F)cc3)nc2c1. The average molecular weight is 414 g/mol. The Bertz CT molecular complexity index is 1250. The maximum absolute atomic E-state index is 13.2. The second kappa shape index (κ2) is 7.99. The van der Waals surface area contributed by atoms with Gasteiger partial charge in [-0.1, -0.05) is 42.5 Å². The number of nitrogens with zero attached hydrogens (tertiary/aromatic N) is 2. The second-order valence-corrected chi connectivity index (χ2v) is 8.10. The van der Waals surface area contributed by atoms with E-state index in [4.69, 9.17) is 9.40 Å². The average Bonchev–Trinajstić information content (AvgIpc) is 3.42. The van der Waals surface area contributed by atoms with Crippen molar-refractivity contribution in [2.45, 2.75) is 32.2 Å². The van der Waals surface area contributed by atoms with E-state index in [1.807, 2.05) is 35.2 Å². The van der Waals surface area contributed by atoms with Crippen LogP contribution < -0.4 is 0 Å². The Morgan fingerprint density at radius 2 is 1.94 bits per heavy atom. The van der Waals surface area contributed by atoms with Crippen molar-refractivity contribution >= 4 is 17.0 Å². The van der Waals surface area contributed by atoms with Crippen LogP contribution in [0, 0.1) is 12.7 Å². The lowest BCUT2D eigenvalue weighted by atomic mass is 10.0. The van der Waals surface area contributed by atoms with Gasteiger partial charge in [0.15, 0.2) is 5.58 Å². The van der Waals surface area contributed by atoms with E-state index in [2.05, 4.69) is 19.1 Å². The van der Waals surface area contributed by atoms with Crippen LogP contribution >= 0.6 is 0 Å². The molecule has 0 saturated carbocycles. The first kappa shape index (κ1) is 19.5. The summed E-state index contributed by atoms with van der Waals surface area (Å²) in [6, 6.07) is 20.2. The van der Waals surface area contributed by atoms with Gasteiger partial charge in [-0.05, 0) is 66.3 Å². The minimum Gasteiger partial charge on any atom is -0.438 e. The monoisotopic (exact) mass is 414 g/mol. The summed E-state index contributed by atoms with van der Waals surface area (Å²) in [5.74, 6) is 0.297. The highest BCUT2D eigenvalue weighted by Crippen LogP contribution is 2.35. The molecule has 3 aromatic carbocycles. The summed E-state index contributed by atoms with van der Waals surface area (Å²) < 4.78 is 19.2. The molecule has 0 unspecified atom stereocenters. The first-order chi connectivity index (χ1) is 15.1. The normalized spacial score (nSPS) is 16.2. The van der Waals surface area contributed by atoms with Gasteiger partial charge in [-0.2, -0.15) is 0 Å². The van der Waals surface area contributed by atoms with E-state index in [0.717, 1.165) is 35.1 Å². The van der Waals surface area contributed by atoms with Gasteiger partial charge in [0.25, 0.3) is 0 Å². The number of likely N-dealkylation sites (tertiary alicyclic amines) is 1. The minimum absolute atomic E-state index is 0.0111. The number of aryl methyl sites for hydroxylation is 1. The number of amides is 1. The zero-order valence-electron chi connectivity index (χ0n) is 17.3. The van der Waals surface area contributed by atoms with Gasteiger partial charge >= 0.3 is 0 Å². The number of hydrogen-bond donors (Lipinski definition) is 0. The molecule has 4 nitrogen and oxygen atoms in total. The maximum Gasteiger partial charge on any atom is 0.227 e. The van der Waals surface area contributed by atoms with Gasteiger partial charge in [-0.25, -0.2) is 9.37 Å². The number of rotatable bonds is 4. The molecule has 0 spiro atoms. The van der Waals surface area contributed by atoms with Crippen LogP contribution in [0.4, 0.5) is 4.39 Å². The largest absolute Gasteiger partial charge is 0.438 e. The molecule has 1 aliphatic rings. The highest BCUT2D eigenvalue weighted by atomic mass is 19.1. The van der Waals surface area contributed by atoms with Crippen LogP contribution in [0.15, 0.2) is 71.1 Å². The maximum atomic E-state index is 13.2. The number of carbonyl (C=O) groups is 1. The van der Waals surface area contributed by atoms with Gasteiger partial charge < -0.3 is 9.32 Å². The molecule has 0 bridgehead atoms. The Hall–Kier alpha value is -3.47. The van der Waals surface area contributed by atoms with E-state index in [1.54, 1.807) is 12.1 Å². The molecule has 1 fully saturated rings. The van der Waals surface area contributed by atoms with Crippen molar-refractivity contribution in [3.63, 3.8) is 0 Å². The summed E-state index contributed by atoms with van der Waals surface area (Å²) in [4.78, 5) is 19.5. The van der Waals surface area contributed by atoms with E-state index in [-0.39, 0.29) is 24.2 Å². The summed E-state index contributed by atoms with van der Waals surface area (Å²) in [5.41, 5.74) is 5.81. The number of hydrogen-bond acceptors (Lipinski definition) is 3. The van der Waals surface area contributed by atoms with Crippen LogP contribution in [0.1, 0.15) is 35.9 Å². The predicted molar refractivity (Wildman–Crippen MR) is 118 cm³/mol. The van der Waals surface area contributed by atoms with Crippen molar-refractivity contribution in [1.29, 1.82) is 0 Å². The van der Waals surface area contributed by atoms with E-state index in [9.17, 15) is 9.18 Å². The third-order valence-electron chi connectivity index (χ3n) is 5.99. The fourth-order valence-electron chi connectivity index (χ4n) is 4.35. The van der Waals surface area contributed by atoms with Crippen molar-refractivity contribution in [1.82, 2.24) is 9.88 Å². The summed E-state index contributed by atoms with van der Waals surface area (Å²) in [5, 5.41) is 0.